The van der Waals surface area contributed by atoms with Gasteiger partial charge >= 0.3 is 0 Å². The number of carbonyl (C=O) groups excluding carboxylic acids is 1. The molecule has 4 rings (SSSR count). The summed E-state index contributed by atoms with van der Waals surface area (Å²) in [5, 5.41) is 8.07. The van der Waals surface area contributed by atoms with Crippen LogP contribution in [0.15, 0.2) is 59.2 Å². The molecule has 3 aromatic rings. The first kappa shape index (κ1) is 20.9. The number of benzene rings is 2. The smallest absolute Gasteiger partial charge is 0.244 e. The molecule has 1 aliphatic rings. The average molecular weight is 491 g/mol. The number of methoxy groups -OCH3 is 1. The van der Waals surface area contributed by atoms with E-state index in [1.54, 1.807) is 11.8 Å². The van der Waals surface area contributed by atoms with Crippen molar-refractivity contribution < 1.29 is 9.53 Å². The summed E-state index contributed by atoms with van der Waals surface area (Å²) in [4.78, 5) is 12.7. The van der Waals surface area contributed by atoms with E-state index in [0.29, 0.717) is 23.8 Å². The zero-order valence-corrected chi connectivity index (χ0v) is 18.6. The van der Waals surface area contributed by atoms with E-state index in [9.17, 15) is 4.79 Å². The third-order valence-electron chi connectivity index (χ3n) is 4.93. The molecule has 1 aromatic heterocycles. The van der Waals surface area contributed by atoms with Gasteiger partial charge in [0.05, 0.1) is 18.1 Å². The van der Waals surface area contributed by atoms with E-state index in [4.69, 9.17) is 16.3 Å². The number of rotatable bonds is 6. The Balaban J connectivity index is 1.38. The van der Waals surface area contributed by atoms with Crippen molar-refractivity contribution in [2.24, 2.45) is 0 Å². The lowest BCUT2D eigenvalue weighted by Crippen LogP contribution is -2.39. The van der Waals surface area contributed by atoms with Gasteiger partial charge in [0.15, 0.2) is 5.82 Å². The lowest BCUT2D eigenvalue weighted by Gasteiger charge is -2.11. The van der Waals surface area contributed by atoms with Gasteiger partial charge in [-0.3, -0.25) is 9.48 Å². The SMILES string of the molecule is COc1cccc(C2CC(C(=O)Nc3nn(Cc4ccc(Cl)cc4)cc3Br)NN2)c1. The number of nitrogens with zero attached hydrogens (tertiary/aromatic N) is 2. The van der Waals surface area contributed by atoms with Gasteiger partial charge in [0.1, 0.15) is 11.8 Å². The van der Waals surface area contributed by atoms with Crippen LogP contribution in [0.25, 0.3) is 0 Å². The van der Waals surface area contributed by atoms with Crippen LogP contribution in [0.2, 0.25) is 5.02 Å². The predicted molar refractivity (Wildman–Crippen MR) is 120 cm³/mol. The highest BCUT2D eigenvalue weighted by atomic mass is 79.9. The minimum atomic E-state index is -0.380. The maximum Gasteiger partial charge on any atom is 0.244 e. The fourth-order valence-corrected chi connectivity index (χ4v) is 3.89. The van der Waals surface area contributed by atoms with E-state index in [-0.39, 0.29) is 18.0 Å². The van der Waals surface area contributed by atoms with Crippen molar-refractivity contribution in [3.8, 4) is 5.75 Å². The molecule has 2 heterocycles. The normalized spacial score (nSPS) is 18.4. The first-order valence-corrected chi connectivity index (χ1v) is 10.6. The van der Waals surface area contributed by atoms with E-state index in [1.807, 2.05) is 54.7 Å². The highest BCUT2D eigenvalue weighted by Crippen LogP contribution is 2.27. The lowest BCUT2D eigenvalue weighted by molar-refractivity contribution is -0.117. The second-order valence-electron chi connectivity index (χ2n) is 7.05. The number of anilines is 1. The number of hydrazine groups is 1. The molecular weight excluding hydrogens is 470 g/mol. The van der Waals surface area contributed by atoms with Gasteiger partial charge in [-0.05, 0) is 57.7 Å². The molecule has 1 amide bonds. The quantitative estimate of drug-likeness (QED) is 0.488. The summed E-state index contributed by atoms with van der Waals surface area (Å²) in [5.41, 5.74) is 8.38. The maximum absolute atomic E-state index is 12.7. The van der Waals surface area contributed by atoms with Crippen molar-refractivity contribution in [2.75, 3.05) is 12.4 Å². The fourth-order valence-electron chi connectivity index (χ4n) is 3.35. The Bertz CT molecular complexity index is 1040. The van der Waals surface area contributed by atoms with Crippen molar-refractivity contribution >= 4 is 39.3 Å². The molecule has 1 saturated heterocycles. The molecule has 7 nitrogen and oxygen atoms in total. The Morgan fingerprint density at radius 3 is 2.87 bits per heavy atom. The van der Waals surface area contributed by atoms with Gasteiger partial charge in [0.25, 0.3) is 0 Å². The lowest BCUT2D eigenvalue weighted by atomic mass is 10.0. The third kappa shape index (κ3) is 4.84. The monoisotopic (exact) mass is 489 g/mol. The number of ether oxygens (including phenoxy) is 1. The third-order valence-corrected chi connectivity index (χ3v) is 5.76. The van der Waals surface area contributed by atoms with Gasteiger partial charge < -0.3 is 10.1 Å². The molecular formula is C21H21BrClN5O2. The molecule has 0 saturated carbocycles. The first-order valence-electron chi connectivity index (χ1n) is 9.45. The summed E-state index contributed by atoms with van der Waals surface area (Å²) in [5.74, 6) is 1.13. The second-order valence-corrected chi connectivity index (χ2v) is 8.34. The molecule has 3 N–H and O–H groups in total. The van der Waals surface area contributed by atoms with Crippen LogP contribution in [0.5, 0.6) is 5.75 Å². The summed E-state index contributed by atoms with van der Waals surface area (Å²) < 4.78 is 7.77. The van der Waals surface area contributed by atoms with Crippen molar-refractivity contribution in [2.45, 2.75) is 25.0 Å². The van der Waals surface area contributed by atoms with Gasteiger partial charge in [-0.15, -0.1) is 0 Å². The van der Waals surface area contributed by atoms with E-state index in [0.717, 1.165) is 21.3 Å². The summed E-state index contributed by atoms with van der Waals surface area (Å²) in [6.07, 6.45) is 2.45. The van der Waals surface area contributed by atoms with Gasteiger partial charge in [0, 0.05) is 17.3 Å². The average Bonchev–Trinajstić information content (AvgIpc) is 3.37. The van der Waals surface area contributed by atoms with Crippen LogP contribution < -0.4 is 20.9 Å². The van der Waals surface area contributed by atoms with Crippen LogP contribution in [0.4, 0.5) is 5.82 Å². The van der Waals surface area contributed by atoms with Gasteiger partial charge in [-0.2, -0.15) is 5.10 Å². The largest absolute Gasteiger partial charge is 0.497 e. The Morgan fingerprint density at radius 2 is 2.10 bits per heavy atom. The molecule has 2 unspecified atom stereocenters. The fraction of sp³-hybridized carbons (Fsp3) is 0.238. The number of hydrogen-bond acceptors (Lipinski definition) is 5. The van der Waals surface area contributed by atoms with E-state index in [2.05, 4.69) is 37.2 Å². The summed E-state index contributed by atoms with van der Waals surface area (Å²) in [7, 11) is 1.64. The molecule has 2 aromatic carbocycles. The summed E-state index contributed by atoms with van der Waals surface area (Å²) >= 11 is 9.41. The van der Waals surface area contributed by atoms with Gasteiger partial charge in [-0.1, -0.05) is 35.9 Å². The zero-order chi connectivity index (χ0) is 21.1. The molecule has 0 spiro atoms. The number of nitrogens with one attached hydrogen (secondary N) is 3. The van der Waals surface area contributed by atoms with Crippen molar-refractivity contribution in [3.05, 3.63) is 75.4 Å². The number of carbonyl (C=O) groups is 1. The van der Waals surface area contributed by atoms with E-state index in [1.165, 1.54) is 0 Å². The summed E-state index contributed by atoms with van der Waals surface area (Å²) in [6.45, 7) is 0.576. The predicted octanol–water partition coefficient (Wildman–Crippen LogP) is 3.90. The highest BCUT2D eigenvalue weighted by molar-refractivity contribution is 9.10. The minimum absolute atomic E-state index is 0.0155. The molecule has 0 bridgehead atoms. The van der Waals surface area contributed by atoms with Crippen molar-refractivity contribution in [3.63, 3.8) is 0 Å². The molecule has 156 valence electrons. The maximum atomic E-state index is 12.7. The van der Waals surface area contributed by atoms with Crippen LogP contribution in [0, 0.1) is 0 Å². The zero-order valence-electron chi connectivity index (χ0n) is 16.2. The van der Waals surface area contributed by atoms with Crippen LogP contribution >= 0.6 is 27.5 Å². The Hall–Kier alpha value is -2.39. The summed E-state index contributed by atoms with van der Waals surface area (Å²) in [6, 6.07) is 15.0. The number of hydrogen-bond donors (Lipinski definition) is 3. The number of amides is 1. The highest BCUT2D eigenvalue weighted by Gasteiger charge is 2.31. The van der Waals surface area contributed by atoms with E-state index < -0.39 is 0 Å². The molecule has 1 aliphatic heterocycles. The Morgan fingerprint density at radius 1 is 1.30 bits per heavy atom. The Labute approximate surface area is 187 Å². The van der Waals surface area contributed by atoms with Crippen LogP contribution in [0.3, 0.4) is 0 Å². The molecule has 30 heavy (non-hydrogen) atoms. The van der Waals surface area contributed by atoms with Crippen molar-refractivity contribution in [1.29, 1.82) is 0 Å². The van der Waals surface area contributed by atoms with Gasteiger partial charge in [0.2, 0.25) is 5.91 Å². The van der Waals surface area contributed by atoms with Crippen LogP contribution in [-0.2, 0) is 11.3 Å². The molecule has 1 fully saturated rings. The van der Waals surface area contributed by atoms with E-state index >= 15 is 0 Å². The standard InChI is InChI=1S/C21H21BrClN5O2/c1-30-16-4-2-3-14(9-16)18-10-19(26-25-18)21(29)24-20-17(22)12-28(27-20)11-13-5-7-15(23)8-6-13/h2-9,12,18-19,25-26H,10-11H2,1H3,(H,24,27,29). The second kappa shape index (κ2) is 9.18. The molecule has 2 atom stereocenters. The molecule has 0 aliphatic carbocycles. The number of halogens is 2. The molecule has 9 heteroatoms. The van der Waals surface area contributed by atoms with Crippen molar-refractivity contribution in [1.82, 2.24) is 20.6 Å². The topological polar surface area (TPSA) is 80.2 Å². The first-order chi connectivity index (χ1) is 14.5. The minimum Gasteiger partial charge on any atom is -0.497 e. The Kier molecular flexibility index (Phi) is 6.38. The number of aromatic nitrogens is 2. The molecule has 0 radical (unpaired) electrons. The van der Waals surface area contributed by atoms with Crippen LogP contribution in [-0.4, -0.2) is 28.8 Å². The van der Waals surface area contributed by atoms with Gasteiger partial charge in [-0.25, -0.2) is 10.9 Å². The van der Waals surface area contributed by atoms with Crippen LogP contribution in [0.1, 0.15) is 23.6 Å².